The second-order valence-corrected chi connectivity index (χ2v) is 4.27. The van der Waals surface area contributed by atoms with Crippen LogP contribution in [-0.4, -0.2) is 18.2 Å². The van der Waals surface area contributed by atoms with Gasteiger partial charge in [0.05, 0.1) is 5.69 Å². The van der Waals surface area contributed by atoms with Gasteiger partial charge in [0.1, 0.15) is 6.07 Å². The van der Waals surface area contributed by atoms with E-state index in [0.717, 1.165) is 10.9 Å². The van der Waals surface area contributed by atoms with Crippen molar-refractivity contribution in [1.29, 1.82) is 5.26 Å². The summed E-state index contributed by atoms with van der Waals surface area (Å²) in [5.74, 6) is -0.473. The highest BCUT2D eigenvalue weighted by atomic mass is 79.9. The van der Waals surface area contributed by atoms with Gasteiger partial charge in [0.15, 0.2) is 0 Å². The standard InChI is InChI=1S/C12H13BrN4O/c1-2-7-15-12(18)11(8-14)17-16-10-6-4-3-5-9(10)13/h3-6,16H,2,7H2,1H3,(H,15,18)/b17-11+. The molecule has 1 amide bonds. The fourth-order valence-corrected chi connectivity index (χ4v) is 1.49. The molecule has 0 aromatic heterocycles. The highest BCUT2D eigenvalue weighted by Crippen LogP contribution is 2.20. The normalized spacial score (nSPS) is 10.6. The van der Waals surface area contributed by atoms with Gasteiger partial charge in [-0.2, -0.15) is 10.4 Å². The average molecular weight is 309 g/mol. The maximum Gasteiger partial charge on any atom is 0.282 e. The lowest BCUT2D eigenvalue weighted by Gasteiger charge is -2.04. The van der Waals surface area contributed by atoms with E-state index in [1.807, 2.05) is 25.1 Å². The number of rotatable bonds is 5. The molecule has 1 aromatic carbocycles. The molecule has 0 saturated heterocycles. The number of halogens is 1. The molecule has 0 atom stereocenters. The van der Waals surface area contributed by atoms with E-state index in [-0.39, 0.29) is 5.71 Å². The summed E-state index contributed by atoms with van der Waals surface area (Å²) in [5, 5.41) is 15.2. The van der Waals surface area contributed by atoms with E-state index < -0.39 is 5.91 Å². The number of hydrogen-bond donors (Lipinski definition) is 2. The summed E-state index contributed by atoms with van der Waals surface area (Å²) >= 11 is 3.33. The Balaban J connectivity index is 2.72. The molecule has 0 bridgehead atoms. The first-order chi connectivity index (χ1) is 8.69. The molecule has 0 aliphatic rings. The number of nitriles is 1. The van der Waals surface area contributed by atoms with Crippen LogP contribution in [0.3, 0.4) is 0 Å². The minimum atomic E-state index is -0.473. The van der Waals surface area contributed by atoms with Crippen molar-refractivity contribution < 1.29 is 4.79 Å². The lowest BCUT2D eigenvalue weighted by molar-refractivity contribution is -0.114. The molecule has 2 N–H and O–H groups in total. The summed E-state index contributed by atoms with van der Waals surface area (Å²) in [6, 6.07) is 9.06. The molecule has 0 unspecified atom stereocenters. The van der Waals surface area contributed by atoms with E-state index in [1.165, 1.54) is 0 Å². The fourth-order valence-electron chi connectivity index (χ4n) is 1.12. The van der Waals surface area contributed by atoms with Crippen molar-refractivity contribution in [3.8, 4) is 6.07 Å². The smallest absolute Gasteiger partial charge is 0.282 e. The van der Waals surface area contributed by atoms with Crippen molar-refractivity contribution in [3.05, 3.63) is 28.7 Å². The Labute approximate surface area is 114 Å². The lowest BCUT2D eigenvalue weighted by Crippen LogP contribution is -2.31. The van der Waals surface area contributed by atoms with Crippen molar-refractivity contribution in [2.45, 2.75) is 13.3 Å². The number of para-hydroxylation sites is 1. The molecule has 0 aliphatic heterocycles. The molecule has 94 valence electrons. The first kappa shape index (κ1) is 14.2. The third-order valence-corrected chi connectivity index (χ3v) is 2.71. The van der Waals surface area contributed by atoms with Crippen LogP contribution in [0.4, 0.5) is 5.69 Å². The summed E-state index contributed by atoms with van der Waals surface area (Å²) in [5.41, 5.74) is 3.17. The Hall–Kier alpha value is -1.87. The third-order valence-electron chi connectivity index (χ3n) is 2.02. The SMILES string of the molecule is CCCNC(=O)/C(C#N)=N/Nc1ccccc1Br. The molecule has 0 radical (unpaired) electrons. The van der Waals surface area contributed by atoms with Crippen molar-refractivity contribution in [3.63, 3.8) is 0 Å². The lowest BCUT2D eigenvalue weighted by atomic mass is 10.3. The van der Waals surface area contributed by atoms with Gasteiger partial charge in [-0.05, 0) is 34.5 Å². The Morgan fingerprint density at radius 3 is 2.83 bits per heavy atom. The minimum Gasteiger partial charge on any atom is -0.350 e. The van der Waals surface area contributed by atoms with Gasteiger partial charge in [0, 0.05) is 11.0 Å². The maximum atomic E-state index is 11.5. The van der Waals surface area contributed by atoms with Crippen molar-refractivity contribution in [1.82, 2.24) is 5.32 Å². The average Bonchev–Trinajstić information content (AvgIpc) is 2.39. The molecule has 0 heterocycles. The Morgan fingerprint density at radius 1 is 1.50 bits per heavy atom. The second-order valence-electron chi connectivity index (χ2n) is 3.42. The van der Waals surface area contributed by atoms with Crippen LogP contribution in [0.15, 0.2) is 33.8 Å². The van der Waals surface area contributed by atoms with Crippen LogP contribution in [-0.2, 0) is 4.79 Å². The Bertz CT molecular complexity index is 493. The number of carbonyl (C=O) groups excluding carboxylic acids is 1. The molecule has 0 saturated carbocycles. The van der Waals surface area contributed by atoms with E-state index in [9.17, 15) is 4.79 Å². The van der Waals surface area contributed by atoms with Crippen molar-refractivity contribution in [2.75, 3.05) is 12.0 Å². The number of amides is 1. The first-order valence-electron chi connectivity index (χ1n) is 5.45. The molecule has 18 heavy (non-hydrogen) atoms. The van der Waals surface area contributed by atoms with Crippen molar-refractivity contribution in [2.24, 2.45) is 5.10 Å². The second kappa shape index (κ2) is 7.45. The predicted octanol–water partition coefficient (Wildman–Crippen LogP) is 2.27. The van der Waals surface area contributed by atoms with Crippen LogP contribution in [0.1, 0.15) is 13.3 Å². The van der Waals surface area contributed by atoms with Crippen LogP contribution in [0, 0.1) is 11.3 Å². The van der Waals surface area contributed by atoms with E-state index in [0.29, 0.717) is 12.2 Å². The van der Waals surface area contributed by atoms with Gasteiger partial charge in [-0.15, -0.1) is 0 Å². The van der Waals surface area contributed by atoms with Crippen molar-refractivity contribution >= 4 is 33.2 Å². The summed E-state index contributed by atoms with van der Waals surface area (Å²) in [4.78, 5) is 11.5. The summed E-state index contributed by atoms with van der Waals surface area (Å²) in [6.45, 7) is 2.46. The molecule has 0 spiro atoms. The third kappa shape index (κ3) is 4.18. The zero-order valence-electron chi connectivity index (χ0n) is 9.90. The zero-order valence-corrected chi connectivity index (χ0v) is 11.5. The van der Waals surface area contributed by atoms with E-state index in [1.54, 1.807) is 12.1 Å². The van der Waals surface area contributed by atoms with E-state index in [2.05, 4.69) is 31.8 Å². The molecular formula is C12H13BrN4O. The quantitative estimate of drug-likeness (QED) is 0.647. The first-order valence-corrected chi connectivity index (χ1v) is 6.24. The van der Waals surface area contributed by atoms with Gasteiger partial charge >= 0.3 is 0 Å². The number of carbonyl (C=O) groups is 1. The number of nitrogens with one attached hydrogen (secondary N) is 2. The van der Waals surface area contributed by atoms with Gasteiger partial charge in [0.2, 0.25) is 5.71 Å². The predicted molar refractivity (Wildman–Crippen MR) is 74.1 cm³/mol. The highest BCUT2D eigenvalue weighted by molar-refractivity contribution is 9.10. The van der Waals surface area contributed by atoms with E-state index in [4.69, 9.17) is 5.26 Å². The zero-order chi connectivity index (χ0) is 13.4. The maximum absolute atomic E-state index is 11.5. The summed E-state index contributed by atoms with van der Waals surface area (Å²) in [6.07, 6.45) is 0.808. The van der Waals surface area contributed by atoms with Gasteiger partial charge in [0.25, 0.3) is 5.91 Å². The number of anilines is 1. The monoisotopic (exact) mass is 308 g/mol. The summed E-state index contributed by atoms with van der Waals surface area (Å²) in [7, 11) is 0. The molecule has 1 aromatic rings. The fraction of sp³-hybridized carbons (Fsp3) is 0.250. The Morgan fingerprint density at radius 2 is 2.22 bits per heavy atom. The highest BCUT2D eigenvalue weighted by Gasteiger charge is 2.09. The number of nitrogens with zero attached hydrogens (tertiary/aromatic N) is 2. The van der Waals surface area contributed by atoms with Crippen LogP contribution in [0.2, 0.25) is 0 Å². The van der Waals surface area contributed by atoms with Crippen LogP contribution >= 0.6 is 15.9 Å². The van der Waals surface area contributed by atoms with Crippen LogP contribution in [0.25, 0.3) is 0 Å². The molecule has 5 nitrogen and oxygen atoms in total. The molecule has 0 aliphatic carbocycles. The molecule has 6 heteroatoms. The van der Waals surface area contributed by atoms with Crippen LogP contribution < -0.4 is 10.7 Å². The van der Waals surface area contributed by atoms with Gasteiger partial charge in [-0.3, -0.25) is 10.2 Å². The molecular weight excluding hydrogens is 296 g/mol. The van der Waals surface area contributed by atoms with Gasteiger partial charge in [-0.25, -0.2) is 0 Å². The van der Waals surface area contributed by atoms with Gasteiger partial charge < -0.3 is 5.32 Å². The number of benzene rings is 1. The largest absolute Gasteiger partial charge is 0.350 e. The molecule has 0 fully saturated rings. The Kier molecular flexibility index (Phi) is 5.88. The number of hydrazone groups is 1. The minimum absolute atomic E-state index is 0.195. The van der Waals surface area contributed by atoms with Gasteiger partial charge in [-0.1, -0.05) is 19.1 Å². The number of hydrogen-bond acceptors (Lipinski definition) is 4. The summed E-state index contributed by atoms with van der Waals surface area (Å²) < 4.78 is 0.806. The molecule has 1 rings (SSSR count). The van der Waals surface area contributed by atoms with E-state index >= 15 is 0 Å². The van der Waals surface area contributed by atoms with Crippen LogP contribution in [0.5, 0.6) is 0 Å². The topological polar surface area (TPSA) is 77.3 Å².